The van der Waals surface area contributed by atoms with Crippen LogP contribution in [-0.4, -0.2) is 12.9 Å². The van der Waals surface area contributed by atoms with Crippen molar-refractivity contribution in [3.8, 4) is 5.75 Å². The minimum Gasteiger partial charge on any atom is -0.497 e. The van der Waals surface area contributed by atoms with Gasteiger partial charge in [0.05, 0.1) is 12.7 Å². The lowest BCUT2D eigenvalue weighted by Gasteiger charge is -2.09. The molecule has 0 N–H and O–H groups in total. The van der Waals surface area contributed by atoms with Crippen LogP contribution in [0.25, 0.3) is 0 Å². The number of alkyl halides is 3. The molecule has 110 valence electrons. The molecule has 0 bridgehead atoms. The third-order valence-electron chi connectivity index (χ3n) is 2.87. The quantitative estimate of drug-likeness (QED) is 0.630. The SMILES string of the molecule is COc1cccc(C(=O)c2ccc(C(F)(F)F)c(F)c2)c1. The summed E-state index contributed by atoms with van der Waals surface area (Å²) in [6, 6.07) is 8.18. The highest BCUT2D eigenvalue weighted by Crippen LogP contribution is 2.32. The number of halogens is 4. The van der Waals surface area contributed by atoms with Crippen LogP contribution < -0.4 is 4.74 Å². The Labute approximate surface area is 118 Å². The topological polar surface area (TPSA) is 26.3 Å². The highest BCUT2D eigenvalue weighted by atomic mass is 19.4. The summed E-state index contributed by atoms with van der Waals surface area (Å²) in [7, 11) is 1.42. The van der Waals surface area contributed by atoms with Crippen molar-refractivity contribution >= 4 is 5.78 Å². The lowest BCUT2D eigenvalue weighted by atomic mass is 10.0. The molecule has 0 atom stereocenters. The third-order valence-corrected chi connectivity index (χ3v) is 2.87. The van der Waals surface area contributed by atoms with Crippen molar-refractivity contribution in [2.75, 3.05) is 7.11 Å². The third kappa shape index (κ3) is 3.21. The van der Waals surface area contributed by atoms with Crippen LogP contribution in [0.5, 0.6) is 5.75 Å². The molecule has 2 aromatic rings. The monoisotopic (exact) mass is 298 g/mol. The van der Waals surface area contributed by atoms with Gasteiger partial charge in [0, 0.05) is 11.1 Å². The Hall–Kier alpha value is -2.37. The maximum absolute atomic E-state index is 13.5. The molecule has 0 saturated carbocycles. The lowest BCUT2D eigenvalue weighted by Crippen LogP contribution is -2.10. The molecule has 0 unspecified atom stereocenters. The smallest absolute Gasteiger partial charge is 0.419 e. The van der Waals surface area contributed by atoms with E-state index in [-0.39, 0.29) is 11.1 Å². The summed E-state index contributed by atoms with van der Waals surface area (Å²) in [6.07, 6.45) is -4.79. The first-order valence-corrected chi connectivity index (χ1v) is 5.88. The van der Waals surface area contributed by atoms with E-state index in [9.17, 15) is 22.4 Å². The Morgan fingerprint density at radius 2 is 1.71 bits per heavy atom. The molecule has 2 rings (SSSR count). The molecule has 21 heavy (non-hydrogen) atoms. The van der Waals surface area contributed by atoms with E-state index in [1.165, 1.54) is 19.2 Å². The van der Waals surface area contributed by atoms with Crippen LogP contribution in [-0.2, 0) is 6.18 Å². The number of hydrogen-bond donors (Lipinski definition) is 0. The van der Waals surface area contributed by atoms with Gasteiger partial charge in [0.25, 0.3) is 0 Å². The van der Waals surface area contributed by atoms with E-state index in [0.717, 1.165) is 6.07 Å². The van der Waals surface area contributed by atoms with E-state index in [2.05, 4.69) is 0 Å². The first-order valence-electron chi connectivity index (χ1n) is 5.88. The van der Waals surface area contributed by atoms with Crippen LogP contribution >= 0.6 is 0 Å². The van der Waals surface area contributed by atoms with Gasteiger partial charge in [-0.05, 0) is 24.3 Å². The Balaban J connectivity index is 2.38. The summed E-state index contributed by atoms with van der Waals surface area (Å²) in [5, 5.41) is 0. The van der Waals surface area contributed by atoms with E-state index in [1.54, 1.807) is 12.1 Å². The van der Waals surface area contributed by atoms with E-state index in [0.29, 0.717) is 17.9 Å². The summed E-state index contributed by atoms with van der Waals surface area (Å²) in [4.78, 5) is 12.1. The van der Waals surface area contributed by atoms with Gasteiger partial charge in [-0.1, -0.05) is 18.2 Å². The molecule has 0 aromatic heterocycles. The fourth-order valence-corrected chi connectivity index (χ4v) is 1.82. The maximum Gasteiger partial charge on any atom is 0.419 e. The maximum atomic E-state index is 13.5. The van der Waals surface area contributed by atoms with Crippen molar-refractivity contribution in [3.05, 3.63) is 65.0 Å². The van der Waals surface area contributed by atoms with Crippen molar-refractivity contribution in [1.29, 1.82) is 0 Å². The molecule has 0 amide bonds. The predicted octanol–water partition coefficient (Wildman–Crippen LogP) is 4.08. The number of hydrogen-bond acceptors (Lipinski definition) is 2. The Morgan fingerprint density at radius 3 is 2.29 bits per heavy atom. The zero-order valence-electron chi connectivity index (χ0n) is 10.9. The Morgan fingerprint density at radius 1 is 1.05 bits per heavy atom. The average molecular weight is 298 g/mol. The van der Waals surface area contributed by atoms with Gasteiger partial charge in [-0.15, -0.1) is 0 Å². The molecule has 2 aromatic carbocycles. The molecule has 0 aliphatic heterocycles. The van der Waals surface area contributed by atoms with Crippen LogP contribution in [0.3, 0.4) is 0 Å². The molecular weight excluding hydrogens is 288 g/mol. The second kappa shape index (κ2) is 5.55. The average Bonchev–Trinajstić information content (AvgIpc) is 2.45. The minimum absolute atomic E-state index is 0.159. The highest BCUT2D eigenvalue weighted by molar-refractivity contribution is 6.09. The second-order valence-corrected chi connectivity index (χ2v) is 4.25. The molecule has 0 aliphatic carbocycles. The Kier molecular flexibility index (Phi) is 3.97. The van der Waals surface area contributed by atoms with Gasteiger partial charge in [0.15, 0.2) is 5.78 Å². The number of rotatable bonds is 3. The van der Waals surface area contributed by atoms with Crippen molar-refractivity contribution < 1.29 is 27.1 Å². The van der Waals surface area contributed by atoms with E-state index < -0.39 is 23.3 Å². The summed E-state index contributed by atoms with van der Waals surface area (Å²) in [5.74, 6) is -1.63. The van der Waals surface area contributed by atoms with Crippen LogP contribution in [0.1, 0.15) is 21.5 Å². The number of carbonyl (C=O) groups is 1. The number of ether oxygens (including phenoxy) is 1. The van der Waals surface area contributed by atoms with Crippen molar-refractivity contribution in [2.45, 2.75) is 6.18 Å². The highest BCUT2D eigenvalue weighted by Gasteiger charge is 2.34. The fraction of sp³-hybridized carbons (Fsp3) is 0.133. The van der Waals surface area contributed by atoms with Crippen LogP contribution in [0.2, 0.25) is 0 Å². The minimum atomic E-state index is -4.79. The van der Waals surface area contributed by atoms with Gasteiger partial charge in [0.2, 0.25) is 0 Å². The second-order valence-electron chi connectivity index (χ2n) is 4.25. The van der Waals surface area contributed by atoms with Gasteiger partial charge < -0.3 is 4.74 Å². The van der Waals surface area contributed by atoms with Gasteiger partial charge in [-0.25, -0.2) is 4.39 Å². The van der Waals surface area contributed by atoms with E-state index in [4.69, 9.17) is 4.74 Å². The van der Waals surface area contributed by atoms with E-state index in [1.807, 2.05) is 0 Å². The summed E-state index contributed by atoms with van der Waals surface area (Å²) in [5.41, 5.74) is -1.35. The number of methoxy groups -OCH3 is 1. The van der Waals surface area contributed by atoms with Crippen LogP contribution in [0.15, 0.2) is 42.5 Å². The van der Waals surface area contributed by atoms with Gasteiger partial charge >= 0.3 is 6.18 Å². The fourth-order valence-electron chi connectivity index (χ4n) is 1.82. The molecule has 0 aliphatic rings. The van der Waals surface area contributed by atoms with Gasteiger partial charge in [-0.2, -0.15) is 13.2 Å². The number of carbonyl (C=O) groups excluding carboxylic acids is 1. The van der Waals surface area contributed by atoms with Crippen molar-refractivity contribution in [3.63, 3.8) is 0 Å². The van der Waals surface area contributed by atoms with Gasteiger partial charge in [0.1, 0.15) is 11.6 Å². The largest absolute Gasteiger partial charge is 0.497 e. The zero-order valence-corrected chi connectivity index (χ0v) is 10.9. The molecule has 0 saturated heterocycles. The first kappa shape index (κ1) is 15.0. The Bertz CT molecular complexity index is 678. The standard InChI is InChI=1S/C15H10F4O2/c1-21-11-4-2-3-9(7-11)14(20)10-5-6-12(13(16)8-10)15(17,18)19/h2-8H,1H3. The zero-order chi connectivity index (χ0) is 15.6. The molecule has 0 heterocycles. The summed E-state index contributed by atoms with van der Waals surface area (Å²) >= 11 is 0. The van der Waals surface area contributed by atoms with E-state index >= 15 is 0 Å². The molecule has 0 fully saturated rings. The number of ketones is 1. The molecule has 0 spiro atoms. The molecular formula is C15H10F4O2. The molecule has 6 heteroatoms. The lowest BCUT2D eigenvalue weighted by molar-refractivity contribution is -0.140. The van der Waals surface area contributed by atoms with Crippen molar-refractivity contribution in [2.24, 2.45) is 0 Å². The first-order chi connectivity index (χ1) is 9.82. The summed E-state index contributed by atoms with van der Waals surface area (Å²) < 4.78 is 55.8. The number of benzene rings is 2. The van der Waals surface area contributed by atoms with Gasteiger partial charge in [-0.3, -0.25) is 4.79 Å². The van der Waals surface area contributed by atoms with Crippen molar-refractivity contribution in [1.82, 2.24) is 0 Å². The molecule has 0 radical (unpaired) electrons. The van der Waals surface area contributed by atoms with Crippen LogP contribution in [0.4, 0.5) is 17.6 Å². The normalized spacial score (nSPS) is 11.3. The molecule has 2 nitrogen and oxygen atoms in total. The summed E-state index contributed by atoms with van der Waals surface area (Å²) in [6.45, 7) is 0. The predicted molar refractivity (Wildman–Crippen MR) is 67.8 cm³/mol. The van der Waals surface area contributed by atoms with Crippen LogP contribution in [0, 0.1) is 5.82 Å².